The third-order valence-corrected chi connectivity index (χ3v) is 2.93. The lowest BCUT2D eigenvalue weighted by molar-refractivity contribution is 0.112. The van der Waals surface area contributed by atoms with Gasteiger partial charge >= 0.3 is 0 Å². The van der Waals surface area contributed by atoms with Gasteiger partial charge in [0.1, 0.15) is 5.69 Å². The zero-order valence-corrected chi connectivity index (χ0v) is 8.88. The third kappa shape index (κ3) is 2.14. The zero-order valence-electron chi connectivity index (χ0n) is 8.06. The molecule has 0 bridgehead atoms. The molecule has 0 N–H and O–H groups in total. The van der Waals surface area contributed by atoms with Crippen LogP contribution in [0, 0.1) is 0 Å². The number of carbonyl (C=O) groups is 1. The van der Waals surface area contributed by atoms with E-state index in [1.165, 1.54) is 23.6 Å². The van der Waals surface area contributed by atoms with E-state index >= 15 is 0 Å². The molecule has 16 heavy (non-hydrogen) atoms. The van der Waals surface area contributed by atoms with Gasteiger partial charge in [-0.3, -0.25) is 9.78 Å². The number of carbonyl (C=O) groups excluding carboxylic acids is 1. The predicted octanol–water partition coefficient (Wildman–Crippen LogP) is 3.56. The molecule has 2 aromatic rings. The Morgan fingerprint density at radius 2 is 2.12 bits per heavy atom. The summed E-state index contributed by atoms with van der Waals surface area (Å²) >= 11 is 1.28. The third-order valence-electron chi connectivity index (χ3n) is 2.07. The first-order valence-corrected chi connectivity index (χ1v) is 5.37. The van der Waals surface area contributed by atoms with E-state index in [1.807, 2.05) is 0 Å². The molecule has 0 aliphatic rings. The SMILES string of the molecule is O=Cc1cc(-c2ccnc(C(F)F)c2)cs1. The number of halogens is 2. The maximum atomic E-state index is 12.4. The summed E-state index contributed by atoms with van der Waals surface area (Å²) in [6.07, 6.45) is -0.498. The van der Waals surface area contributed by atoms with Crippen molar-refractivity contribution in [2.24, 2.45) is 0 Å². The summed E-state index contributed by atoms with van der Waals surface area (Å²) < 4.78 is 24.8. The first-order valence-electron chi connectivity index (χ1n) is 4.49. The minimum atomic E-state index is -2.58. The smallest absolute Gasteiger partial charge is 0.280 e. The number of hydrogen-bond acceptors (Lipinski definition) is 3. The molecule has 0 unspecified atom stereocenters. The van der Waals surface area contributed by atoms with E-state index in [2.05, 4.69) is 4.98 Å². The van der Waals surface area contributed by atoms with E-state index < -0.39 is 6.43 Å². The van der Waals surface area contributed by atoms with E-state index in [9.17, 15) is 13.6 Å². The Balaban J connectivity index is 2.39. The van der Waals surface area contributed by atoms with E-state index in [0.717, 1.165) is 11.8 Å². The van der Waals surface area contributed by atoms with Crippen molar-refractivity contribution in [1.29, 1.82) is 0 Å². The van der Waals surface area contributed by atoms with Crippen LogP contribution in [0.3, 0.4) is 0 Å². The molecule has 2 aromatic heterocycles. The minimum absolute atomic E-state index is 0.253. The Hall–Kier alpha value is -1.62. The number of aldehydes is 1. The Morgan fingerprint density at radius 1 is 1.31 bits per heavy atom. The molecular weight excluding hydrogens is 232 g/mol. The van der Waals surface area contributed by atoms with Crippen LogP contribution in [0.1, 0.15) is 21.8 Å². The van der Waals surface area contributed by atoms with Gasteiger partial charge in [0.2, 0.25) is 0 Å². The van der Waals surface area contributed by atoms with Gasteiger partial charge in [0, 0.05) is 6.20 Å². The second-order valence-electron chi connectivity index (χ2n) is 3.13. The van der Waals surface area contributed by atoms with Gasteiger partial charge in [0.25, 0.3) is 6.43 Å². The fraction of sp³-hybridized carbons (Fsp3) is 0.0909. The van der Waals surface area contributed by atoms with Crippen molar-refractivity contribution in [2.45, 2.75) is 6.43 Å². The number of thiophene rings is 1. The molecule has 0 aliphatic carbocycles. The highest BCUT2D eigenvalue weighted by Gasteiger charge is 2.10. The molecule has 0 radical (unpaired) electrons. The summed E-state index contributed by atoms with van der Waals surface area (Å²) in [6.45, 7) is 0. The van der Waals surface area contributed by atoms with Crippen LogP contribution in [0.2, 0.25) is 0 Å². The number of pyridine rings is 1. The van der Waals surface area contributed by atoms with Gasteiger partial charge in [-0.15, -0.1) is 11.3 Å². The Labute approximate surface area is 94.6 Å². The Morgan fingerprint density at radius 3 is 2.75 bits per heavy atom. The number of hydrogen-bond donors (Lipinski definition) is 0. The average Bonchev–Trinajstić information content (AvgIpc) is 2.77. The van der Waals surface area contributed by atoms with Gasteiger partial charge in [0.05, 0.1) is 4.88 Å². The van der Waals surface area contributed by atoms with Gasteiger partial charge in [-0.05, 0) is 34.7 Å². The van der Waals surface area contributed by atoms with E-state index in [4.69, 9.17) is 0 Å². The van der Waals surface area contributed by atoms with Crippen LogP contribution in [0.5, 0.6) is 0 Å². The topological polar surface area (TPSA) is 30.0 Å². The Bertz CT molecular complexity index is 510. The molecule has 2 nitrogen and oxygen atoms in total. The van der Waals surface area contributed by atoms with Crippen LogP contribution in [-0.2, 0) is 0 Å². The fourth-order valence-corrected chi connectivity index (χ4v) is 2.03. The lowest BCUT2D eigenvalue weighted by Gasteiger charge is -2.01. The molecule has 0 saturated heterocycles. The van der Waals surface area contributed by atoms with Crippen molar-refractivity contribution in [3.63, 3.8) is 0 Å². The number of alkyl halides is 2. The minimum Gasteiger partial charge on any atom is -0.297 e. The lowest BCUT2D eigenvalue weighted by atomic mass is 10.1. The van der Waals surface area contributed by atoms with Gasteiger partial charge in [-0.2, -0.15) is 0 Å². The van der Waals surface area contributed by atoms with Crippen molar-refractivity contribution in [1.82, 2.24) is 4.98 Å². The molecule has 82 valence electrons. The second kappa shape index (κ2) is 4.49. The maximum absolute atomic E-state index is 12.4. The lowest BCUT2D eigenvalue weighted by Crippen LogP contribution is -1.89. The summed E-state index contributed by atoms with van der Waals surface area (Å²) in [6, 6.07) is 4.64. The molecule has 2 heterocycles. The van der Waals surface area contributed by atoms with Crippen molar-refractivity contribution >= 4 is 17.6 Å². The number of rotatable bonds is 3. The molecular formula is C11H7F2NOS. The average molecular weight is 239 g/mol. The predicted molar refractivity (Wildman–Crippen MR) is 57.9 cm³/mol. The van der Waals surface area contributed by atoms with E-state index in [1.54, 1.807) is 17.5 Å². The molecule has 0 fully saturated rings. The van der Waals surface area contributed by atoms with Gasteiger partial charge in [0.15, 0.2) is 6.29 Å². The van der Waals surface area contributed by atoms with Crippen LogP contribution in [0.25, 0.3) is 11.1 Å². The summed E-state index contributed by atoms with van der Waals surface area (Å²) in [5.74, 6) is 0. The van der Waals surface area contributed by atoms with Crippen LogP contribution in [0.15, 0.2) is 29.8 Å². The summed E-state index contributed by atoms with van der Waals surface area (Å²) in [5.41, 5.74) is 1.16. The monoisotopic (exact) mass is 239 g/mol. The molecule has 0 atom stereocenters. The van der Waals surface area contributed by atoms with E-state index in [0.29, 0.717) is 10.4 Å². The van der Waals surface area contributed by atoms with Crippen LogP contribution in [0.4, 0.5) is 8.78 Å². The maximum Gasteiger partial charge on any atom is 0.280 e. The molecule has 0 aliphatic heterocycles. The van der Waals surface area contributed by atoms with Crippen molar-refractivity contribution in [3.8, 4) is 11.1 Å². The molecule has 0 spiro atoms. The van der Waals surface area contributed by atoms with Gasteiger partial charge in [-0.1, -0.05) is 0 Å². The van der Waals surface area contributed by atoms with Crippen LogP contribution < -0.4 is 0 Å². The molecule has 0 saturated carbocycles. The number of aromatic nitrogens is 1. The highest BCUT2D eigenvalue weighted by Crippen LogP contribution is 2.27. The molecule has 0 amide bonds. The van der Waals surface area contributed by atoms with Crippen LogP contribution >= 0.6 is 11.3 Å². The summed E-state index contributed by atoms with van der Waals surface area (Å²) in [7, 11) is 0. The van der Waals surface area contributed by atoms with E-state index in [-0.39, 0.29) is 5.69 Å². The fourth-order valence-electron chi connectivity index (χ4n) is 1.31. The zero-order chi connectivity index (χ0) is 11.5. The number of nitrogens with zero attached hydrogens (tertiary/aromatic N) is 1. The van der Waals surface area contributed by atoms with Crippen molar-refractivity contribution in [3.05, 3.63) is 40.3 Å². The largest absolute Gasteiger partial charge is 0.297 e. The summed E-state index contributed by atoms with van der Waals surface area (Å²) in [4.78, 5) is 14.7. The first kappa shape index (κ1) is 10.9. The highest BCUT2D eigenvalue weighted by molar-refractivity contribution is 7.12. The molecule has 5 heteroatoms. The second-order valence-corrected chi connectivity index (χ2v) is 4.07. The van der Waals surface area contributed by atoms with Crippen molar-refractivity contribution < 1.29 is 13.6 Å². The summed E-state index contributed by atoms with van der Waals surface area (Å²) in [5, 5.41) is 1.76. The van der Waals surface area contributed by atoms with Gasteiger partial charge < -0.3 is 0 Å². The highest BCUT2D eigenvalue weighted by atomic mass is 32.1. The van der Waals surface area contributed by atoms with Crippen molar-refractivity contribution in [2.75, 3.05) is 0 Å². The normalized spacial score (nSPS) is 10.7. The first-order chi connectivity index (χ1) is 7.70. The molecule has 2 rings (SSSR count). The van der Waals surface area contributed by atoms with Gasteiger partial charge in [-0.25, -0.2) is 8.78 Å². The standard InChI is InChI=1S/C11H7F2NOS/c12-11(13)10-4-7(1-2-14-10)8-3-9(5-15)16-6-8/h1-6,11H. The Kier molecular flexibility index (Phi) is 3.05. The quantitative estimate of drug-likeness (QED) is 0.766. The molecule has 0 aromatic carbocycles. The van der Waals surface area contributed by atoms with Crippen LogP contribution in [-0.4, -0.2) is 11.3 Å².